The first-order valence-electron chi connectivity index (χ1n) is 8.91. The van der Waals surface area contributed by atoms with Crippen molar-refractivity contribution in [2.24, 2.45) is 0 Å². The van der Waals surface area contributed by atoms with Crippen LogP contribution in [0.4, 0.5) is 23.0 Å². The molecule has 0 fully saturated rings. The number of para-hydroxylation sites is 1. The highest BCUT2D eigenvalue weighted by atomic mass is 16.5. The summed E-state index contributed by atoms with van der Waals surface area (Å²) in [6, 6.07) is 17.3. The highest BCUT2D eigenvalue weighted by molar-refractivity contribution is 5.97. The van der Waals surface area contributed by atoms with Crippen LogP contribution in [-0.4, -0.2) is 36.6 Å². The van der Waals surface area contributed by atoms with Gasteiger partial charge in [-0.05, 0) is 24.1 Å². The summed E-state index contributed by atoms with van der Waals surface area (Å²) in [5.41, 5.74) is 9.04. The van der Waals surface area contributed by atoms with Crippen molar-refractivity contribution >= 4 is 29.0 Å². The van der Waals surface area contributed by atoms with Crippen LogP contribution in [0.3, 0.4) is 0 Å². The number of anilines is 4. The minimum atomic E-state index is -0.420. The normalized spacial score (nSPS) is 10.4. The minimum Gasteiger partial charge on any atom is -0.465 e. The van der Waals surface area contributed by atoms with Crippen LogP contribution in [0.15, 0.2) is 60.9 Å². The molecule has 1 aromatic heterocycles. The molecule has 0 radical (unpaired) electrons. The van der Waals surface area contributed by atoms with Crippen LogP contribution in [0.2, 0.25) is 0 Å². The Bertz CT molecular complexity index is 947. The first kappa shape index (κ1) is 19.2. The number of methoxy groups -OCH3 is 1. The van der Waals surface area contributed by atoms with Crippen molar-refractivity contribution in [3.8, 4) is 0 Å². The highest BCUT2D eigenvalue weighted by Gasteiger charge is 2.19. The van der Waals surface area contributed by atoms with E-state index < -0.39 is 5.97 Å². The summed E-state index contributed by atoms with van der Waals surface area (Å²) in [5.74, 6) is 0.646. The lowest BCUT2D eigenvalue weighted by molar-refractivity contribution is 0.0601. The number of nitrogens with one attached hydrogen (secondary N) is 1. The summed E-state index contributed by atoms with van der Waals surface area (Å²) in [6.45, 7) is 0.688. The van der Waals surface area contributed by atoms with Gasteiger partial charge in [0, 0.05) is 13.6 Å². The second-order valence-corrected chi connectivity index (χ2v) is 6.19. The molecular formula is C21H23N5O2. The molecule has 0 aliphatic heterocycles. The predicted octanol–water partition coefficient (Wildman–Crippen LogP) is 3.27. The third kappa shape index (κ3) is 4.20. The van der Waals surface area contributed by atoms with E-state index >= 15 is 0 Å². The molecule has 0 spiro atoms. The number of carbonyl (C=O) groups excluding carboxylic acids is 1. The zero-order chi connectivity index (χ0) is 19.9. The van der Waals surface area contributed by atoms with E-state index in [0.29, 0.717) is 35.1 Å². The Balaban J connectivity index is 1.80. The van der Waals surface area contributed by atoms with E-state index in [0.717, 1.165) is 6.42 Å². The molecule has 2 aromatic carbocycles. The quantitative estimate of drug-likeness (QED) is 0.610. The zero-order valence-electron chi connectivity index (χ0n) is 15.9. The predicted molar refractivity (Wildman–Crippen MR) is 111 cm³/mol. The molecule has 28 heavy (non-hydrogen) atoms. The summed E-state index contributed by atoms with van der Waals surface area (Å²) < 4.78 is 4.87. The largest absolute Gasteiger partial charge is 0.465 e. The lowest BCUT2D eigenvalue weighted by atomic mass is 10.1. The van der Waals surface area contributed by atoms with Crippen molar-refractivity contribution in [2.45, 2.75) is 6.42 Å². The molecule has 3 aromatic rings. The molecule has 0 atom stereocenters. The third-order valence-corrected chi connectivity index (χ3v) is 4.40. The van der Waals surface area contributed by atoms with E-state index in [-0.39, 0.29) is 0 Å². The SMILES string of the molecule is COC(=O)c1ccccc1N(C)c1ncnc(NCCc2ccccc2)c1N. The van der Waals surface area contributed by atoms with Crippen molar-refractivity contribution in [1.29, 1.82) is 0 Å². The number of ether oxygens (including phenoxy) is 1. The Labute approximate surface area is 164 Å². The Hall–Kier alpha value is -3.61. The van der Waals surface area contributed by atoms with Gasteiger partial charge in [-0.3, -0.25) is 0 Å². The van der Waals surface area contributed by atoms with Gasteiger partial charge in [0.15, 0.2) is 11.6 Å². The topological polar surface area (TPSA) is 93.4 Å². The minimum absolute atomic E-state index is 0.415. The summed E-state index contributed by atoms with van der Waals surface area (Å²) in [7, 11) is 3.15. The molecular weight excluding hydrogens is 354 g/mol. The molecule has 0 aliphatic carbocycles. The van der Waals surface area contributed by atoms with Crippen molar-refractivity contribution in [1.82, 2.24) is 9.97 Å². The van der Waals surface area contributed by atoms with Crippen LogP contribution in [0.25, 0.3) is 0 Å². The standard InChI is InChI=1S/C21H23N5O2/c1-26(17-11-7-6-10-16(17)21(27)28-2)20-18(22)19(24-14-25-20)23-13-12-15-8-4-3-5-9-15/h3-11,14H,12-13,22H2,1-2H3,(H,23,24,25). The van der Waals surface area contributed by atoms with E-state index in [1.807, 2.05) is 30.3 Å². The fourth-order valence-electron chi connectivity index (χ4n) is 2.93. The molecule has 7 heteroatoms. The van der Waals surface area contributed by atoms with Crippen LogP contribution >= 0.6 is 0 Å². The fraction of sp³-hybridized carbons (Fsp3) is 0.190. The highest BCUT2D eigenvalue weighted by Crippen LogP contribution is 2.32. The number of nitrogens with zero attached hydrogens (tertiary/aromatic N) is 3. The van der Waals surface area contributed by atoms with E-state index in [9.17, 15) is 4.79 Å². The van der Waals surface area contributed by atoms with E-state index in [4.69, 9.17) is 10.5 Å². The third-order valence-electron chi connectivity index (χ3n) is 4.40. The van der Waals surface area contributed by atoms with Gasteiger partial charge in [-0.25, -0.2) is 14.8 Å². The second kappa shape index (κ2) is 8.85. The number of hydrogen-bond acceptors (Lipinski definition) is 7. The number of rotatable bonds is 7. The number of nitrogen functional groups attached to an aromatic ring is 1. The molecule has 0 amide bonds. The van der Waals surface area contributed by atoms with Crippen LogP contribution in [0.1, 0.15) is 15.9 Å². The molecule has 0 unspecified atom stereocenters. The second-order valence-electron chi connectivity index (χ2n) is 6.19. The molecule has 0 saturated heterocycles. The molecule has 0 saturated carbocycles. The number of benzene rings is 2. The number of esters is 1. The van der Waals surface area contributed by atoms with Crippen molar-refractivity contribution < 1.29 is 9.53 Å². The maximum Gasteiger partial charge on any atom is 0.339 e. The lowest BCUT2D eigenvalue weighted by Gasteiger charge is -2.23. The molecule has 3 N–H and O–H groups in total. The monoisotopic (exact) mass is 377 g/mol. The van der Waals surface area contributed by atoms with Gasteiger partial charge in [-0.2, -0.15) is 0 Å². The smallest absolute Gasteiger partial charge is 0.339 e. The molecule has 0 aliphatic rings. The summed E-state index contributed by atoms with van der Waals surface area (Å²) >= 11 is 0. The van der Waals surface area contributed by atoms with Crippen LogP contribution < -0.4 is 16.0 Å². The van der Waals surface area contributed by atoms with Gasteiger partial charge >= 0.3 is 5.97 Å². The van der Waals surface area contributed by atoms with Crippen molar-refractivity contribution in [2.75, 3.05) is 36.7 Å². The van der Waals surface area contributed by atoms with E-state index in [1.165, 1.54) is 19.0 Å². The average Bonchev–Trinajstić information content (AvgIpc) is 2.74. The van der Waals surface area contributed by atoms with Crippen molar-refractivity contribution in [3.63, 3.8) is 0 Å². The fourth-order valence-corrected chi connectivity index (χ4v) is 2.93. The summed E-state index contributed by atoms with van der Waals surface area (Å²) in [6.07, 6.45) is 2.30. The Morgan fingerprint density at radius 3 is 2.57 bits per heavy atom. The number of hydrogen-bond donors (Lipinski definition) is 2. The van der Waals surface area contributed by atoms with Gasteiger partial charge in [0.05, 0.1) is 18.4 Å². The van der Waals surface area contributed by atoms with Crippen LogP contribution in [0, 0.1) is 0 Å². The molecule has 144 valence electrons. The zero-order valence-corrected chi connectivity index (χ0v) is 15.9. The van der Waals surface area contributed by atoms with Gasteiger partial charge < -0.3 is 20.7 Å². The lowest BCUT2D eigenvalue weighted by Crippen LogP contribution is -2.19. The maximum atomic E-state index is 12.1. The summed E-state index contributed by atoms with van der Waals surface area (Å²) in [4.78, 5) is 22.4. The first-order valence-corrected chi connectivity index (χ1v) is 8.91. The molecule has 1 heterocycles. The van der Waals surface area contributed by atoms with E-state index in [2.05, 4.69) is 27.4 Å². The molecule has 0 bridgehead atoms. The van der Waals surface area contributed by atoms with Crippen LogP contribution in [-0.2, 0) is 11.2 Å². The first-order chi connectivity index (χ1) is 13.6. The molecule has 3 rings (SSSR count). The number of aromatic nitrogens is 2. The van der Waals surface area contributed by atoms with Gasteiger partial charge in [-0.1, -0.05) is 42.5 Å². The van der Waals surface area contributed by atoms with Gasteiger partial charge in [0.2, 0.25) is 0 Å². The Kier molecular flexibility index (Phi) is 6.06. The van der Waals surface area contributed by atoms with Crippen molar-refractivity contribution in [3.05, 3.63) is 72.1 Å². The summed E-state index contributed by atoms with van der Waals surface area (Å²) in [5, 5.41) is 3.26. The maximum absolute atomic E-state index is 12.1. The average molecular weight is 377 g/mol. The van der Waals surface area contributed by atoms with E-state index in [1.54, 1.807) is 24.1 Å². The van der Waals surface area contributed by atoms with Gasteiger partial charge in [0.25, 0.3) is 0 Å². The Morgan fingerprint density at radius 1 is 1.11 bits per heavy atom. The van der Waals surface area contributed by atoms with Gasteiger partial charge in [-0.15, -0.1) is 0 Å². The molecule has 7 nitrogen and oxygen atoms in total. The van der Waals surface area contributed by atoms with Gasteiger partial charge in [0.1, 0.15) is 12.0 Å². The number of nitrogens with two attached hydrogens (primary N) is 1. The van der Waals surface area contributed by atoms with Crippen LogP contribution in [0.5, 0.6) is 0 Å². The Morgan fingerprint density at radius 2 is 1.82 bits per heavy atom. The number of carbonyl (C=O) groups is 1.